The second-order valence-corrected chi connectivity index (χ2v) is 9.42. The molecule has 0 atom stereocenters. The van der Waals surface area contributed by atoms with Gasteiger partial charge in [-0.2, -0.15) is 0 Å². The molecule has 11 heteroatoms. The first kappa shape index (κ1) is 24.0. The van der Waals surface area contributed by atoms with Gasteiger partial charge in [-0.05, 0) is 47.2 Å². The zero-order chi connectivity index (χ0) is 23.3. The van der Waals surface area contributed by atoms with Crippen LogP contribution < -0.4 is 5.32 Å². The Bertz CT molecular complexity index is 1100. The second-order valence-electron chi connectivity index (χ2n) is 6.80. The molecule has 0 unspecified atom stereocenters. The van der Waals surface area contributed by atoms with Gasteiger partial charge in [0.05, 0.1) is 4.91 Å². The van der Waals surface area contributed by atoms with Gasteiger partial charge in [0.15, 0.2) is 11.6 Å². The summed E-state index contributed by atoms with van der Waals surface area (Å²) in [5.74, 6) is -3.36. The third-order valence-electron chi connectivity index (χ3n) is 4.47. The number of thiocarbonyl (C=S) groups is 1. The minimum absolute atomic E-state index is 0.0275. The van der Waals surface area contributed by atoms with Gasteiger partial charge >= 0.3 is 5.97 Å². The Morgan fingerprint density at radius 1 is 1.16 bits per heavy atom. The van der Waals surface area contributed by atoms with Crippen LogP contribution in [0.1, 0.15) is 24.1 Å². The highest BCUT2D eigenvalue weighted by Gasteiger charge is 2.32. The summed E-state index contributed by atoms with van der Waals surface area (Å²) in [6.45, 7) is 0.374. The minimum Gasteiger partial charge on any atom is -0.481 e. The smallest absolute Gasteiger partial charge is 0.303 e. The first-order valence-electron chi connectivity index (χ1n) is 9.52. The van der Waals surface area contributed by atoms with Crippen LogP contribution in [0, 0.1) is 11.6 Å². The number of carboxylic acids is 1. The van der Waals surface area contributed by atoms with E-state index in [9.17, 15) is 23.2 Å². The summed E-state index contributed by atoms with van der Waals surface area (Å²) in [7, 11) is 0. The average molecular weight is 497 g/mol. The topological polar surface area (TPSA) is 86.7 Å². The van der Waals surface area contributed by atoms with Crippen molar-refractivity contribution in [2.24, 2.45) is 0 Å². The van der Waals surface area contributed by atoms with Crippen LogP contribution in [0.25, 0.3) is 17.2 Å². The van der Waals surface area contributed by atoms with Gasteiger partial charge in [0.1, 0.15) is 4.32 Å². The first-order chi connectivity index (χ1) is 15.2. The van der Waals surface area contributed by atoms with E-state index in [1.807, 2.05) is 0 Å². The number of thiophene rings is 1. The van der Waals surface area contributed by atoms with Crippen molar-refractivity contribution in [1.82, 2.24) is 10.2 Å². The standard InChI is InChI=1S/C21H18F2N2O4S3/c22-15-4-3-12(9-16(15)23)13-8-14(31-11-13)10-17-20(29)25(21(30)32-17)7-5-18(26)24-6-1-2-19(27)28/h3-4,8-11H,1-2,5-7H2,(H,24,26)(H,27,28)/b17-10-. The molecule has 0 saturated carbocycles. The number of hydrogen-bond acceptors (Lipinski definition) is 6. The molecule has 0 radical (unpaired) electrons. The van der Waals surface area contributed by atoms with Gasteiger partial charge in [0.25, 0.3) is 5.91 Å². The lowest BCUT2D eigenvalue weighted by Crippen LogP contribution is -2.33. The SMILES string of the molecule is O=C(O)CCCNC(=O)CCN1C(=O)/C(=C/c2cc(-c3ccc(F)c(F)c3)cs2)SC1=S. The number of halogens is 2. The lowest BCUT2D eigenvalue weighted by molar-refractivity contribution is -0.137. The second kappa shape index (κ2) is 10.8. The van der Waals surface area contributed by atoms with Gasteiger partial charge in [-0.3, -0.25) is 19.3 Å². The molecule has 3 rings (SSSR count). The van der Waals surface area contributed by atoms with E-state index in [1.54, 1.807) is 17.5 Å². The maximum atomic E-state index is 13.5. The molecule has 2 aromatic rings. The molecule has 168 valence electrons. The number of amides is 2. The van der Waals surface area contributed by atoms with Gasteiger partial charge in [-0.1, -0.05) is 30.0 Å². The molecule has 1 saturated heterocycles. The van der Waals surface area contributed by atoms with E-state index in [2.05, 4.69) is 5.32 Å². The molecule has 1 aliphatic rings. The van der Waals surface area contributed by atoms with Crippen molar-refractivity contribution in [3.8, 4) is 11.1 Å². The van der Waals surface area contributed by atoms with E-state index < -0.39 is 17.6 Å². The highest BCUT2D eigenvalue weighted by Crippen LogP contribution is 2.35. The van der Waals surface area contributed by atoms with Gasteiger partial charge in [0, 0.05) is 30.8 Å². The van der Waals surface area contributed by atoms with Crippen molar-refractivity contribution in [1.29, 1.82) is 0 Å². The summed E-state index contributed by atoms with van der Waals surface area (Å²) in [5.41, 5.74) is 1.23. The summed E-state index contributed by atoms with van der Waals surface area (Å²) in [6.07, 6.45) is 2.03. The molecular weight excluding hydrogens is 478 g/mol. The minimum atomic E-state index is -0.929. The van der Waals surface area contributed by atoms with E-state index in [0.29, 0.717) is 26.8 Å². The molecule has 6 nitrogen and oxygen atoms in total. The van der Waals surface area contributed by atoms with Crippen molar-refractivity contribution in [2.45, 2.75) is 19.3 Å². The summed E-state index contributed by atoms with van der Waals surface area (Å²) in [5, 5.41) is 13.0. The number of hydrogen-bond donors (Lipinski definition) is 2. The number of carboxylic acid groups (broad SMARTS) is 1. The largest absolute Gasteiger partial charge is 0.481 e. The molecule has 0 aliphatic carbocycles. The van der Waals surface area contributed by atoms with Crippen LogP contribution in [0.15, 0.2) is 34.6 Å². The number of rotatable bonds is 9. The Hall–Kier alpha value is -2.63. The average Bonchev–Trinajstić information content (AvgIpc) is 3.31. The third-order valence-corrected chi connectivity index (χ3v) is 6.73. The van der Waals surface area contributed by atoms with E-state index in [1.165, 1.54) is 22.3 Å². The first-order valence-corrected chi connectivity index (χ1v) is 11.6. The summed E-state index contributed by atoms with van der Waals surface area (Å²) < 4.78 is 27.0. The van der Waals surface area contributed by atoms with Crippen LogP contribution in [0.3, 0.4) is 0 Å². The molecule has 2 N–H and O–H groups in total. The molecule has 0 bridgehead atoms. The predicted molar refractivity (Wildman–Crippen MR) is 124 cm³/mol. The monoisotopic (exact) mass is 496 g/mol. The van der Waals surface area contributed by atoms with Gasteiger partial charge in [-0.15, -0.1) is 11.3 Å². The lowest BCUT2D eigenvalue weighted by Gasteiger charge is -2.14. The number of benzene rings is 1. The fourth-order valence-corrected chi connectivity index (χ4v) is 5.07. The normalized spacial score (nSPS) is 14.9. The molecule has 1 fully saturated rings. The molecule has 2 heterocycles. The maximum absolute atomic E-state index is 13.5. The Kier molecular flexibility index (Phi) is 8.10. The van der Waals surface area contributed by atoms with Gasteiger partial charge in [0.2, 0.25) is 5.91 Å². The van der Waals surface area contributed by atoms with Crippen LogP contribution in [-0.4, -0.2) is 45.2 Å². The molecular formula is C21H18F2N2O4S3. The van der Waals surface area contributed by atoms with Crippen molar-refractivity contribution in [3.05, 3.63) is 51.1 Å². The molecule has 0 spiro atoms. The fraction of sp³-hybridized carbons (Fsp3) is 0.238. The van der Waals surface area contributed by atoms with E-state index in [0.717, 1.165) is 28.8 Å². The quantitative estimate of drug-likeness (QED) is 0.306. The van der Waals surface area contributed by atoms with Crippen LogP contribution in [0.2, 0.25) is 0 Å². The maximum Gasteiger partial charge on any atom is 0.303 e. The number of aliphatic carboxylic acids is 1. The zero-order valence-corrected chi connectivity index (χ0v) is 19.0. The molecule has 1 aliphatic heterocycles. The predicted octanol–water partition coefficient (Wildman–Crippen LogP) is 4.27. The number of nitrogens with one attached hydrogen (secondary N) is 1. The molecule has 2 amide bonds. The summed E-state index contributed by atoms with van der Waals surface area (Å²) >= 11 is 7.75. The Morgan fingerprint density at radius 2 is 1.94 bits per heavy atom. The molecule has 32 heavy (non-hydrogen) atoms. The van der Waals surface area contributed by atoms with Crippen LogP contribution >= 0.6 is 35.3 Å². The Morgan fingerprint density at radius 3 is 2.66 bits per heavy atom. The van der Waals surface area contributed by atoms with Crippen molar-refractivity contribution in [2.75, 3.05) is 13.1 Å². The van der Waals surface area contributed by atoms with Crippen LogP contribution in [-0.2, 0) is 14.4 Å². The number of carbonyl (C=O) groups is 3. The van der Waals surface area contributed by atoms with Crippen LogP contribution in [0.5, 0.6) is 0 Å². The summed E-state index contributed by atoms with van der Waals surface area (Å²) in [6, 6.07) is 5.44. The van der Waals surface area contributed by atoms with Crippen molar-refractivity contribution in [3.63, 3.8) is 0 Å². The molecule has 1 aromatic heterocycles. The Labute approximate surface area is 196 Å². The van der Waals surface area contributed by atoms with Crippen molar-refractivity contribution >= 4 is 63.5 Å². The molecule has 1 aromatic carbocycles. The zero-order valence-electron chi connectivity index (χ0n) is 16.6. The van der Waals surface area contributed by atoms with Gasteiger partial charge < -0.3 is 10.4 Å². The van der Waals surface area contributed by atoms with Crippen LogP contribution in [0.4, 0.5) is 8.78 Å². The van der Waals surface area contributed by atoms with Crippen molar-refractivity contribution < 1.29 is 28.3 Å². The highest BCUT2D eigenvalue weighted by atomic mass is 32.2. The lowest BCUT2D eigenvalue weighted by atomic mass is 10.1. The van der Waals surface area contributed by atoms with E-state index in [-0.39, 0.29) is 37.7 Å². The Balaban J connectivity index is 1.58. The summed E-state index contributed by atoms with van der Waals surface area (Å²) in [4.78, 5) is 37.6. The van der Waals surface area contributed by atoms with E-state index >= 15 is 0 Å². The number of carbonyl (C=O) groups excluding carboxylic acids is 2. The van der Waals surface area contributed by atoms with Gasteiger partial charge in [-0.25, -0.2) is 8.78 Å². The number of nitrogens with zero attached hydrogens (tertiary/aromatic N) is 1. The highest BCUT2D eigenvalue weighted by molar-refractivity contribution is 8.26. The number of thioether (sulfide) groups is 1. The van der Waals surface area contributed by atoms with E-state index in [4.69, 9.17) is 17.3 Å². The third kappa shape index (κ3) is 6.21. The fourth-order valence-electron chi connectivity index (χ4n) is 2.85.